The van der Waals surface area contributed by atoms with Crippen molar-refractivity contribution in [2.75, 3.05) is 19.0 Å². The molecule has 0 unspecified atom stereocenters. The quantitative estimate of drug-likeness (QED) is 0.387. The summed E-state index contributed by atoms with van der Waals surface area (Å²) in [5.41, 5.74) is 2.19. The molecule has 0 radical (unpaired) electrons. The summed E-state index contributed by atoms with van der Waals surface area (Å²) < 4.78 is 10.8. The third-order valence-corrected chi connectivity index (χ3v) is 5.45. The van der Waals surface area contributed by atoms with Crippen molar-refractivity contribution in [1.82, 2.24) is 9.97 Å². The third-order valence-electron chi connectivity index (χ3n) is 4.51. The zero-order valence-corrected chi connectivity index (χ0v) is 18.5. The van der Waals surface area contributed by atoms with Crippen molar-refractivity contribution in [3.63, 3.8) is 0 Å². The van der Waals surface area contributed by atoms with Gasteiger partial charge in [0.15, 0.2) is 5.16 Å². The SMILES string of the molecule is CCOc1ccccc1NC(=O)Cc1c(C)nc(SCc2cccc(OC)c2)[nH]c1=O. The van der Waals surface area contributed by atoms with Crippen LogP contribution in [0.4, 0.5) is 5.69 Å². The predicted octanol–water partition coefficient (Wildman–Crippen LogP) is 3.96. The lowest BCUT2D eigenvalue weighted by molar-refractivity contribution is -0.115. The molecule has 0 bridgehead atoms. The van der Waals surface area contributed by atoms with E-state index in [0.29, 0.717) is 40.2 Å². The number of aryl methyl sites for hydroxylation is 1. The summed E-state index contributed by atoms with van der Waals surface area (Å²) in [7, 11) is 1.62. The molecule has 31 heavy (non-hydrogen) atoms. The van der Waals surface area contributed by atoms with Crippen LogP contribution in [-0.2, 0) is 17.0 Å². The molecule has 0 fully saturated rings. The topological polar surface area (TPSA) is 93.3 Å². The number of carbonyl (C=O) groups is 1. The van der Waals surface area contributed by atoms with Crippen LogP contribution in [0.5, 0.6) is 11.5 Å². The van der Waals surface area contributed by atoms with Crippen LogP contribution in [0.15, 0.2) is 58.5 Å². The van der Waals surface area contributed by atoms with Gasteiger partial charge < -0.3 is 19.8 Å². The average Bonchev–Trinajstić information content (AvgIpc) is 2.76. The maximum atomic E-state index is 12.6. The van der Waals surface area contributed by atoms with Gasteiger partial charge in [-0.3, -0.25) is 9.59 Å². The van der Waals surface area contributed by atoms with Crippen LogP contribution in [-0.4, -0.2) is 29.6 Å². The minimum absolute atomic E-state index is 0.0740. The smallest absolute Gasteiger partial charge is 0.255 e. The third kappa shape index (κ3) is 6.11. The molecule has 7 nitrogen and oxygen atoms in total. The number of anilines is 1. The van der Waals surface area contributed by atoms with Crippen LogP contribution in [0.2, 0.25) is 0 Å². The highest BCUT2D eigenvalue weighted by Crippen LogP contribution is 2.24. The van der Waals surface area contributed by atoms with E-state index in [1.165, 1.54) is 11.8 Å². The minimum atomic E-state index is -0.311. The first-order valence-electron chi connectivity index (χ1n) is 9.87. The second-order valence-electron chi connectivity index (χ2n) is 6.73. The first kappa shape index (κ1) is 22.4. The number of ether oxygens (including phenoxy) is 2. The molecular formula is C23H25N3O4S. The Hall–Kier alpha value is -3.26. The summed E-state index contributed by atoms with van der Waals surface area (Å²) in [4.78, 5) is 32.4. The Morgan fingerprint density at radius 3 is 2.74 bits per heavy atom. The second kappa shape index (κ2) is 10.7. The van der Waals surface area contributed by atoms with Gasteiger partial charge in [0, 0.05) is 17.0 Å². The Kier molecular flexibility index (Phi) is 7.72. The molecule has 162 valence electrons. The van der Waals surface area contributed by atoms with Gasteiger partial charge in [-0.2, -0.15) is 0 Å². The lowest BCUT2D eigenvalue weighted by Gasteiger charge is -2.12. The van der Waals surface area contributed by atoms with Gasteiger partial charge >= 0.3 is 0 Å². The number of nitrogens with one attached hydrogen (secondary N) is 2. The molecule has 1 amide bonds. The molecule has 1 heterocycles. The zero-order chi connectivity index (χ0) is 22.2. The van der Waals surface area contributed by atoms with E-state index in [2.05, 4.69) is 15.3 Å². The highest BCUT2D eigenvalue weighted by Gasteiger charge is 2.15. The second-order valence-corrected chi connectivity index (χ2v) is 7.69. The maximum absolute atomic E-state index is 12.6. The molecule has 3 aromatic rings. The van der Waals surface area contributed by atoms with Gasteiger partial charge in [0.05, 0.1) is 25.8 Å². The largest absolute Gasteiger partial charge is 0.497 e. The molecule has 2 aromatic carbocycles. The maximum Gasteiger partial charge on any atom is 0.255 e. The molecule has 0 saturated carbocycles. The number of hydrogen-bond donors (Lipinski definition) is 2. The first-order chi connectivity index (χ1) is 15.0. The number of nitrogens with zero attached hydrogens (tertiary/aromatic N) is 1. The van der Waals surface area contributed by atoms with Gasteiger partial charge in [-0.1, -0.05) is 36.0 Å². The van der Waals surface area contributed by atoms with Crippen molar-refractivity contribution >= 4 is 23.4 Å². The average molecular weight is 440 g/mol. The predicted molar refractivity (Wildman–Crippen MR) is 122 cm³/mol. The van der Waals surface area contributed by atoms with Gasteiger partial charge in [0.2, 0.25) is 5.91 Å². The van der Waals surface area contributed by atoms with E-state index in [0.717, 1.165) is 11.3 Å². The van der Waals surface area contributed by atoms with Crippen molar-refractivity contribution in [3.8, 4) is 11.5 Å². The van der Waals surface area contributed by atoms with Crippen molar-refractivity contribution < 1.29 is 14.3 Å². The summed E-state index contributed by atoms with van der Waals surface area (Å²) in [6.07, 6.45) is -0.0740. The van der Waals surface area contributed by atoms with Crippen LogP contribution < -0.4 is 20.3 Å². The van der Waals surface area contributed by atoms with E-state index >= 15 is 0 Å². The normalized spacial score (nSPS) is 10.5. The van der Waals surface area contributed by atoms with Gasteiger partial charge in [-0.05, 0) is 43.7 Å². The number of amides is 1. The number of rotatable bonds is 9. The van der Waals surface area contributed by atoms with Crippen LogP contribution in [0.25, 0.3) is 0 Å². The number of carbonyl (C=O) groups excluding carboxylic acids is 1. The van der Waals surface area contributed by atoms with Crippen LogP contribution in [0.3, 0.4) is 0 Å². The number of H-pyrrole nitrogens is 1. The van der Waals surface area contributed by atoms with Crippen LogP contribution in [0.1, 0.15) is 23.7 Å². The molecule has 2 N–H and O–H groups in total. The Bertz CT molecular complexity index is 1110. The zero-order valence-electron chi connectivity index (χ0n) is 17.7. The van der Waals surface area contributed by atoms with E-state index in [-0.39, 0.29) is 17.9 Å². The van der Waals surface area contributed by atoms with Crippen molar-refractivity contribution in [2.24, 2.45) is 0 Å². The van der Waals surface area contributed by atoms with E-state index < -0.39 is 0 Å². The number of para-hydroxylation sites is 2. The number of aromatic nitrogens is 2. The minimum Gasteiger partial charge on any atom is -0.497 e. The Balaban J connectivity index is 1.67. The molecule has 0 aliphatic heterocycles. The van der Waals surface area contributed by atoms with E-state index in [9.17, 15) is 9.59 Å². The fourth-order valence-electron chi connectivity index (χ4n) is 2.98. The lowest BCUT2D eigenvalue weighted by atomic mass is 10.1. The summed E-state index contributed by atoms with van der Waals surface area (Å²) in [5, 5.41) is 3.32. The van der Waals surface area contributed by atoms with Gasteiger partial charge in [-0.25, -0.2) is 4.98 Å². The molecule has 0 spiro atoms. The number of thioether (sulfide) groups is 1. The molecule has 3 rings (SSSR count). The highest BCUT2D eigenvalue weighted by atomic mass is 32.2. The Labute approximate surface area is 185 Å². The van der Waals surface area contributed by atoms with Gasteiger partial charge in [0.25, 0.3) is 5.56 Å². The van der Waals surface area contributed by atoms with E-state index in [1.807, 2.05) is 43.3 Å². The molecule has 0 saturated heterocycles. The molecule has 8 heteroatoms. The van der Waals surface area contributed by atoms with Crippen LogP contribution >= 0.6 is 11.8 Å². The van der Waals surface area contributed by atoms with E-state index in [1.54, 1.807) is 26.2 Å². The van der Waals surface area contributed by atoms with Crippen LogP contribution in [0, 0.1) is 6.92 Å². The fraction of sp³-hybridized carbons (Fsp3) is 0.261. The summed E-state index contributed by atoms with van der Waals surface area (Å²) >= 11 is 1.42. The Morgan fingerprint density at radius 1 is 1.19 bits per heavy atom. The Morgan fingerprint density at radius 2 is 2.00 bits per heavy atom. The summed E-state index contributed by atoms with van der Waals surface area (Å²) in [5.74, 6) is 1.70. The lowest BCUT2D eigenvalue weighted by Crippen LogP contribution is -2.24. The fourth-order valence-corrected chi connectivity index (χ4v) is 3.83. The number of benzene rings is 2. The molecule has 0 aliphatic carbocycles. The van der Waals surface area contributed by atoms with Crippen molar-refractivity contribution in [1.29, 1.82) is 0 Å². The van der Waals surface area contributed by atoms with Crippen molar-refractivity contribution in [3.05, 3.63) is 75.7 Å². The van der Waals surface area contributed by atoms with E-state index in [4.69, 9.17) is 9.47 Å². The number of methoxy groups -OCH3 is 1. The molecular weight excluding hydrogens is 414 g/mol. The van der Waals surface area contributed by atoms with Crippen molar-refractivity contribution in [2.45, 2.75) is 31.2 Å². The molecule has 0 aliphatic rings. The molecule has 0 atom stereocenters. The number of hydrogen-bond acceptors (Lipinski definition) is 6. The monoisotopic (exact) mass is 439 g/mol. The van der Waals surface area contributed by atoms with Gasteiger partial charge in [-0.15, -0.1) is 0 Å². The summed E-state index contributed by atoms with van der Waals surface area (Å²) in [6.45, 7) is 4.10. The molecule has 1 aromatic heterocycles. The first-order valence-corrected chi connectivity index (χ1v) is 10.9. The highest BCUT2D eigenvalue weighted by molar-refractivity contribution is 7.98. The number of aromatic amines is 1. The standard InChI is InChI=1S/C23H25N3O4S/c1-4-30-20-11-6-5-10-19(20)25-21(27)13-18-15(2)24-23(26-22(18)28)31-14-16-8-7-9-17(12-16)29-3/h5-12H,4,13-14H2,1-3H3,(H,25,27)(H,24,26,28). The summed E-state index contributed by atoms with van der Waals surface area (Å²) in [6, 6.07) is 14.9. The van der Waals surface area contributed by atoms with Gasteiger partial charge in [0.1, 0.15) is 11.5 Å².